The highest BCUT2D eigenvalue weighted by Gasteiger charge is 2.48. The lowest BCUT2D eigenvalue weighted by Crippen LogP contribution is -2.40. The van der Waals surface area contributed by atoms with Gasteiger partial charge in [0, 0.05) is 12.6 Å². The van der Waals surface area contributed by atoms with Gasteiger partial charge in [0.1, 0.15) is 0 Å². The summed E-state index contributed by atoms with van der Waals surface area (Å²) in [7, 11) is 0. The van der Waals surface area contributed by atoms with Crippen molar-refractivity contribution >= 4 is 5.91 Å². The summed E-state index contributed by atoms with van der Waals surface area (Å²) in [6.45, 7) is 9.90. The predicted molar refractivity (Wildman–Crippen MR) is 70.7 cm³/mol. The molecule has 0 aromatic carbocycles. The normalized spacial score (nSPS) is 34.4. The van der Waals surface area contributed by atoms with Crippen LogP contribution in [0.4, 0.5) is 0 Å². The molecular formula is C15H27NO. The lowest BCUT2D eigenvalue weighted by atomic mass is 9.67. The van der Waals surface area contributed by atoms with E-state index >= 15 is 0 Å². The van der Waals surface area contributed by atoms with Gasteiger partial charge in [-0.2, -0.15) is 0 Å². The summed E-state index contributed by atoms with van der Waals surface area (Å²) in [5.74, 6) is 2.08. The molecule has 0 bridgehead atoms. The Balaban J connectivity index is 2.02. The minimum absolute atomic E-state index is 0.0374. The van der Waals surface area contributed by atoms with Crippen molar-refractivity contribution in [1.82, 2.24) is 4.90 Å². The van der Waals surface area contributed by atoms with Crippen LogP contribution in [0.1, 0.15) is 59.8 Å². The number of carbonyl (C=O) groups is 1. The lowest BCUT2D eigenvalue weighted by Gasteiger charge is -2.37. The van der Waals surface area contributed by atoms with Crippen molar-refractivity contribution in [2.45, 2.75) is 65.8 Å². The lowest BCUT2D eigenvalue weighted by molar-refractivity contribution is -0.139. The quantitative estimate of drug-likeness (QED) is 0.720. The fourth-order valence-electron chi connectivity index (χ4n) is 3.66. The molecular weight excluding hydrogens is 210 g/mol. The molecule has 1 aliphatic heterocycles. The van der Waals surface area contributed by atoms with Crippen molar-refractivity contribution in [3.8, 4) is 0 Å². The fourth-order valence-corrected chi connectivity index (χ4v) is 3.66. The molecule has 1 aliphatic carbocycles. The van der Waals surface area contributed by atoms with Gasteiger partial charge in [0.15, 0.2) is 0 Å². The Morgan fingerprint density at radius 3 is 2.12 bits per heavy atom. The van der Waals surface area contributed by atoms with Crippen LogP contribution < -0.4 is 0 Å². The van der Waals surface area contributed by atoms with E-state index in [1.54, 1.807) is 0 Å². The summed E-state index contributed by atoms with van der Waals surface area (Å²) in [6.07, 6.45) is 5.90. The molecule has 2 fully saturated rings. The van der Waals surface area contributed by atoms with Crippen LogP contribution in [-0.4, -0.2) is 23.4 Å². The molecule has 1 spiro atoms. The van der Waals surface area contributed by atoms with Gasteiger partial charge in [-0.05, 0) is 57.8 Å². The van der Waals surface area contributed by atoms with Crippen molar-refractivity contribution < 1.29 is 4.79 Å². The number of nitrogens with zero attached hydrogens (tertiary/aromatic N) is 1. The highest BCUT2D eigenvalue weighted by Crippen LogP contribution is 2.48. The standard InChI is InChI=1S/C15H27NO/c1-11(2)13-5-7-15(8-6-13)9-10-16(12(3)4)14(15)17/h11-13H,5-10H2,1-4H3. The Kier molecular flexibility index (Phi) is 3.51. The van der Waals surface area contributed by atoms with Crippen LogP contribution in [0.25, 0.3) is 0 Å². The van der Waals surface area contributed by atoms with Crippen LogP contribution in [0.3, 0.4) is 0 Å². The monoisotopic (exact) mass is 237 g/mol. The van der Waals surface area contributed by atoms with Crippen molar-refractivity contribution in [2.24, 2.45) is 17.3 Å². The third-order valence-corrected chi connectivity index (χ3v) is 5.10. The molecule has 1 amide bonds. The summed E-state index contributed by atoms with van der Waals surface area (Å²) in [6, 6.07) is 0.379. The zero-order valence-electron chi connectivity index (χ0n) is 11.8. The highest BCUT2D eigenvalue weighted by atomic mass is 16.2. The Bertz CT molecular complexity index is 287. The van der Waals surface area contributed by atoms with Crippen molar-refractivity contribution in [3.63, 3.8) is 0 Å². The van der Waals surface area contributed by atoms with E-state index in [1.807, 2.05) is 0 Å². The van der Waals surface area contributed by atoms with Crippen molar-refractivity contribution in [2.75, 3.05) is 6.54 Å². The highest BCUT2D eigenvalue weighted by molar-refractivity contribution is 5.85. The van der Waals surface area contributed by atoms with Crippen LogP contribution in [0, 0.1) is 17.3 Å². The second-order valence-electron chi connectivity index (χ2n) is 6.70. The molecule has 2 rings (SSSR count). The van der Waals surface area contributed by atoms with Crippen molar-refractivity contribution in [3.05, 3.63) is 0 Å². The van der Waals surface area contributed by atoms with E-state index < -0.39 is 0 Å². The van der Waals surface area contributed by atoms with Crippen molar-refractivity contribution in [1.29, 1.82) is 0 Å². The van der Waals surface area contributed by atoms with Gasteiger partial charge >= 0.3 is 0 Å². The van der Waals surface area contributed by atoms with Gasteiger partial charge in [-0.3, -0.25) is 4.79 Å². The summed E-state index contributed by atoms with van der Waals surface area (Å²) >= 11 is 0. The molecule has 0 aromatic heterocycles. The molecule has 2 heteroatoms. The third-order valence-electron chi connectivity index (χ3n) is 5.10. The second-order valence-corrected chi connectivity index (χ2v) is 6.70. The first-order chi connectivity index (χ1) is 7.96. The maximum Gasteiger partial charge on any atom is 0.229 e. The van der Waals surface area contributed by atoms with Crippen LogP contribution >= 0.6 is 0 Å². The molecule has 2 nitrogen and oxygen atoms in total. The summed E-state index contributed by atoms with van der Waals surface area (Å²) < 4.78 is 0. The maximum absolute atomic E-state index is 12.5. The molecule has 0 aromatic rings. The van der Waals surface area contributed by atoms with E-state index in [2.05, 4.69) is 32.6 Å². The van der Waals surface area contributed by atoms with Gasteiger partial charge < -0.3 is 4.90 Å². The topological polar surface area (TPSA) is 20.3 Å². The SMILES string of the molecule is CC(C)C1CCC2(CC1)CCN(C(C)C)C2=O. The van der Waals surface area contributed by atoms with E-state index in [0.717, 1.165) is 37.6 Å². The van der Waals surface area contributed by atoms with Gasteiger partial charge in [0.2, 0.25) is 5.91 Å². The molecule has 17 heavy (non-hydrogen) atoms. The molecule has 0 unspecified atom stereocenters. The summed E-state index contributed by atoms with van der Waals surface area (Å²) in [5.41, 5.74) is 0.0374. The van der Waals surface area contributed by atoms with Crippen LogP contribution in [0.5, 0.6) is 0 Å². The number of likely N-dealkylation sites (tertiary alicyclic amines) is 1. The average Bonchev–Trinajstić information content (AvgIpc) is 2.58. The first kappa shape index (κ1) is 12.9. The largest absolute Gasteiger partial charge is 0.340 e. The van der Waals surface area contributed by atoms with E-state index in [0.29, 0.717) is 11.9 Å². The Labute approximate surface area is 106 Å². The smallest absolute Gasteiger partial charge is 0.229 e. The number of amides is 1. The summed E-state index contributed by atoms with van der Waals surface area (Å²) in [4.78, 5) is 14.6. The number of rotatable bonds is 2. The molecule has 2 aliphatic rings. The van der Waals surface area contributed by atoms with E-state index in [-0.39, 0.29) is 5.41 Å². The third kappa shape index (κ3) is 2.23. The molecule has 0 radical (unpaired) electrons. The first-order valence-corrected chi connectivity index (χ1v) is 7.27. The van der Waals surface area contributed by atoms with Crippen LogP contribution in [0.2, 0.25) is 0 Å². The van der Waals surface area contributed by atoms with E-state index in [1.165, 1.54) is 12.8 Å². The average molecular weight is 237 g/mol. The van der Waals surface area contributed by atoms with Crippen LogP contribution in [0.15, 0.2) is 0 Å². The Hall–Kier alpha value is -0.530. The number of hydrogen-bond acceptors (Lipinski definition) is 1. The predicted octanol–water partition coefficient (Wildman–Crippen LogP) is 3.46. The molecule has 98 valence electrons. The molecule has 0 atom stereocenters. The maximum atomic E-state index is 12.5. The fraction of sp³-hybridized carbons (Fsp3) is 0.933. The Morgan fingerprint density at radius 2 is 1.71 bits per heavy atom. The van der Waals surface area contributed by atoms with Gasteiger partial charge in [-0.15, -0.1) is 0 Å². The minimum Gasteiger partial charge on any atom is -0.340 e. The molecule has 0 N–H and O–H groups in total. The second kappa shape index (κ2) is 4.62. The van der Waals surface area contributed by atoms with E-state index in [9.17, 15) is 4.79 Å². The first-order valence-electron chi connectivity index (χ1n) is 7.27. The Morgan fingerprint density at radius 1 is 1.12 bits per heavy atom. The molecule has 1 saturated carbocycles. The van der Waals surface area contributed by atoms with Gasteiger partial charge in [0.05, 0.1) is 5.41 Å². The molecule has 1 heterocycles. The van der Waals surface area contributed by atoms with E-state index in [4.69, 9.17) is 0 Å². The summed E-state index contributed by atoms with van der Waals surface area (Å²) in [5, 5.41) is 0. The van der Waals surface area contributed by atoms with Crippen LogP contribution in [-0.2, 0) is 4.79 Å². The zero-order valence-corrected chi connectivity index (χ0v) is 11.8. The number of carbonyl (C=O) groups excluding carboxylic acids is 1. The zero-order chi connectivity index (χ0) is 12.6. The number of hydrogen-bond donors (Lipinski definition) is 0. The minimum atomic E-state index is 0.0374. The van der Waals surface area contributed by atoms with Gasteiger partial charge in [-0.25, -0.2) is 0 Å². The van der Waals surface area contributed by atoms with Gasteiger partial charge in [-0.1, -0.05) is 13.8 Å². The van der Waals surface area contributed by atoms with Gasteiger partial charge in [0.25, 0.3) is 0 Å². The molecule has 1 saturated heterocycles.